The Morgan fingerprint density at radius 3 is 2.69 bits per heavy atom. The SMILES string of the molecule is COC(=O)C1OC1(C)Cc1ccc(Br)cc1. The number of hydrogen-bond acceptors (Lipinski definition) is 3. The molecule has 0 saturated carbocycles. The van der Waals surface area contributed by atoms with Crippen LogP contribution in [0.25, 0.3) is 0 Å². The molecule has 2 unspecified atom stereocenters. The van der Waals surface area contributed by atoms with Crippen LogP contribution in [0.15, 0.2) is 28.7 Å². The standard InChI is InChI=1S/C12H13BrO3/c1-12(10(16-12)11(14)15-2)7-8-3-5-9(13)6-4-8/h3-6,10H,7H2,1-2H3. The quantitative estimate of drug-likeness (QED) is 0.632. The van der Waals surface area contributed by atoms with E-state index in [1.54, 1.807) is 0 Å². The van der Waals surface area contributed by atoms with Gasteiger partial charge in [-0.15, -0.1) is 0 Å². The van der Waals surface area contributed by atoms with E-state index in [2.05, 4.69) is 20.7 Å². The molecular formula is C12H13BrO3. The highest BCUT2D eigenvalue weighted by atomic mass is 79.9. The van der Waals surface area contributed by atoms with Crippen molar-refractivity contribution < 1.29 is 14.3 Å². The monoisotopic (exact) mass is 284 g/mol. The third kappa shape index (κ3) is 2.28. The maximum atomic E-state index is 11.3. The summed E-state index contributed by atoms with van der Waals surface area (Å²) in [4.78, 5) is 11.3. The van der Waals surface area contributed by atoms with Gasteiger partial charge in [0.05, 0.1) is 7.11 Å². The van der Waals surface area contributed by atoms with Gasteiger partial charge < -0.3 is 9.47 Å². The van der Waals surface area contributed by atoms with Crippen LogP contribution in [-0.2, 0) is 20.7 Å². The average Bonchev–Trinajstić information content (AvgIpc) is 2.93. The van der Waals surface area contributed by atoms with Crippen molar-refractivity contribution in [2.45, 2.75) is 25.0 Å². The van der Waals surface area contributed by atoms with Crippen molar-refractivity contribution in [2.75, 3.05) is 7.11 Å². The minimum absolute atomic E-state index is 0.292. The number of halogens is 1. The van der Waals surface area contributed by atoms with E-state index in [1.807, 2.05) is 31.2 Å². The number of carbonyl (C=O) groups excluding carboxylic acids is 1. The second kappa shape index (κ2) is 4.18. The number of esters is 1. The fraction of sp³-hybridized carbons (Fsp3) is 0.417. The minimum Gasteiger partial charge on any atom is -0.467 e. The van der Waals surface area contributed by atoms with Gasteiger partial charge in [-0.25, -0.2) is 4.79 Å². The zero-order valence-corrected chi connectivity index (χ0v) is 10.8. The van der Waals surface area contributed by atoms with Crippen LogP contribution in [0, 0.1) is 0 Å². The normalized spacial score (nSPS) is 27.6. The highest BCUT2D eigenvalue weighted by Crippen LogP contribution is 2.39. The van der Waals surface area contributed by atoms with Crippen LogP contribution in [0.3, 0.4) is 0 Å². The van der Waals surface area contributed by atoms with Crippen molar-refractivity contribution in [3.05, 3.63) is 34.3 Å². The lowest BCUT2D eigenvalue weighted by atomic mass is 9.98. The molecule has 1 aliphatic heterocycles. The number of benzene rings is 1. The Kier molecular flexibility index (Phi) is 3.04. The first kappa shape index (κ1) is 11.6. The van der Waals surface area contributed by atoms with Gasteiger partial charge in [0.2, 0.25) is 0 Å². The Balaban J connectivity index is 2.01. The minimum atomic E-state index is -0.416. The lowest BCUT2D eigenvalue weighted by molar-refractivity contribution is -0.142. The van der Waals surface area contributed by atoms with Gasteiger partial charge in [-0.2, -0.15) is 0 Å². The lowest BCUT2D eigenvalue weighted by Crippen LogP contribution is -2.21. The van der Waals surface area contributed by atoms with Gasteiger partial charge >= 0.3 is 5.97 Å². The maximum Gasteiger partial charge on any atom is 0.338 e. The maximum absolute atomic E-state index is 11.3. The molecule has 1 aromatic carbocycles. The number of methoxy groups -OCH3 is 1. The number of hydrogen-bond donors (Lipinski definition) is 0. The molecule has 1 saturated heterocycles. The van der Waals surface area contributed by atoms with E-state index in [9.17, 15) is 4.79 Å². The molecule has 86 valence electrons. The van der Waals surface area contributed by atoms with Crippen molar-refractivity contribution >= 4 is 21.9 Å². The van der Waals surface area contributed by atoms with Crippen LogP contribution in [0.2, 0.25) is 0 Å². The van der Waals surface area contributed by atoms with Gasteiger partial charge in [-0.1, -0.05) is 28.1 Å². The van der Waals surface area contributed by atoms with E-state index < -0.39 is 11.7 Å². The number of carbonyl (C=O) groups is 1. The van der Waals surface area contributed by atoms with Gasteiger partial charge in [-0.05, 0) is 24.6 Å². The molecule has 1 aliphatic rings. The summed E-state index contributed by atoms with van der Waals surface area (Å²) >= 11 is 3.38. The van der Waals surface area contributed by atoms with Crippen molar-refractivity contribution in [1.29, 1.82) is 0 Å². The van der Waals surface area contributed by atoms with Crippen LogP contribution >= 0.6 is 15.9 Å². The van der Waals surface area contributed by atoms with E-state index in [0.29, 0.717) is 0 Å². The second-order valence-electron chi connectivity index (χ2n) is 4.14. The molecule has 0 N–H and O–H groups in total. The van der Waals surface area contributed by atoms with Crippen molar-refractivity contribution in [2.24, 2.45) is 0 Å². The summed E-state index contributed by atoms with van der Waals surface area (Å²) in [6, 6.07) is 8.00. The Morgan fingerprint density at radius 2 is 2.12 bits per heavy atom. The molecule has 0 aliphatic carbocycles. The summed E-state index contributed by atoms with van der Waals surface area (Å²) in [5.74, 6) is -0.292. The summed E-state index contributed by atoms with van der Waals surface area (Å²) in [6.45, 7) is 1.93. The molecule has 4 heteroatoms. The van der Waals surface area contributed by atoms with Gasteiger partial charge in [0, 0.05) is 10.9 Å². The number of ether oxygens (including phenoxy) is 2. The van der Waals surface area contributed by atoms with Gasteiger partial charge in [0.1, 0.15) is 5.60 Å². The summed E-state index contributed by atoms with van der Waals surface area (Å²) in [7, 11) is 1.38. The summed E-state index contributed by atoms with van der Waals surface area (Å²) in [5, 5.41) is 0. The third-order valence-electron chi connectivity index (χ3n) is 2.77. The molecule has 16 heavy (non-hydrogen) atoms. The number of rotatable bonds is 3. The zero-order chi connectivity index (χ0) is 11.8. The molecule has 0 amide bonds. The van der Waals surface area contributed by atoms with E-state index in [0.717, 1.165) is 16.5 Å². The molecule has 3 nitrogen and oxygen atoms in total. The van der Waals surface area contributed by atoms with E-state index in [1.165, 1.54) is 7.11 Å². The van der Waals surface area contributed by atoms with Gasteiger partial charge in [0.25, 0.3) is 0 Å². The smallest absolute Gasteiger partial charge is 0.338 e. The molecule has 0 bridgehead atoms. The van der Waals surface area contributed by atoms with Crippen LogP contribution in [-0.4, -0.2) is 24.8 Å². The Hall–Kier alpha value is -0.870. The zero-order valence-electron chi connectivity index (χ0n) is 9.20. The van der Waals surface area contributed by atoms with Crippen molar-refractivity contribution in [1.82, 2.24) is 0 Å². The molecule has 1 fully saturated rings. The molecule has 0 spiro atoms. The highest BCUT2D eigenvalue weighted by molar-refractivity contribution is 9.10. The van der Waals surface area contributed by atoms with Crippen molar-refractivity contribution in [3.8, 4) is 0 Å². The Morgan fingerprint density at radius 1 is 1.50 bits per heavy atom. The first-order valence-corrected chi connectivity index (χ1v) is 5.84. The van der Waals surface area contributed by atoms with Crippen molar-refractivity contribution in [3.63, 3.8) is 0 Å². The first-order chi connectivity index (χ1) is 7.55. The highest BCUT2D eigenvalue weighted by Gasteiger charge is 2.57. The first-order valence-electron chi connectivity index (χ1n) is 5.05. The summed E-state index contributed by atoms with van der Waals surface area (Å²) < 4.78 is 11.1. The van der Waals surface area contributed by atoms with Gasteiger partial charge in [-0.3, -0.25) is 0 Å². The summed E-state index contributed by atoms with van der Waals surface area (Å²) in [6.07, 6.45) is 0.307. The molecule has 0 radical (unpaired) electrons. The molecule has 2 atom stereocenters. The predicted octanol–water partition coefficient (Wildman–Crippen LogP) is 2.32. The van der Waals surface area contributed by atoms with E-state index in [4.69, 9.17) is 4.74 Å². The number of epoxide rings is 1. The molecule has 1 aromatic rings. The van der Waals surface area contributed by atoms with Crippen LogP contribution in [0.1, 0.15) is 12.5 Å². The Labute approximate surface area is 103 Å². The van der Waals surface area contributed by atoms with Crippen LogP contribution in [0.5, 0.6) is 0 Å². The molecule has 0 aromatic heterocycles. The fourth-order valence-electron chi connectivity index (χ4n) is 1.78. The van der Waals surface area contributed by atoms with E-state index >= 15 is 0 Å². The van der Waals surface area contributed by atoms with Gasteiger partial charge in [0.15, 0.2) is 6.10 Å². The molecule has 2 rings (SSSR count). The molecular weight excluding hydrogens is 272 g/mol. The third-order valence-corrected chi connectivity index (χ3v) is 3.30. The predicted molar refractivity (Wildman–Crippen MR) is 63.1 cm³/mol. The van der Waals surface area contributed by atoms with E-state index in [-0.39, 0.29) is 5.97 Å². The topological polar surface area (TPSA) is 38.8 Å². The largest absolute Gasteiger partial charge is 0.467 e. The lowest BCUT2D eigenvalue weighted by Gasteiger charge is -2.06. The molecule has 1 heterocycles. The van der Waals surface area contributed by atoms with Crippen LogP contribution in [0.4, 0.5) is 0 Å². The van der Waals surface area contributed by atoms with Crippen LogP contribution < -0.4 is 0 Å². The average molecular weight is 285 g/mol. The fourth-order valence-corrected chi connectivity index (χ4v) is 2.05. The summed E-state index contributed by atoms with van der Waals surface area (Å²) in [5.41, 5.74) is 0.748. The Bertz CT molecular complexity index is 401. The second-order valence-corrected chi connectivity index (χ2v) is 5.05.